The van der Waals surface area contributed by atoms with Crippen LogP contribution in [0.25, 0.3) is 0 Å². The number of hydrogen-bond donors (Lipinski definition) is 1. The van der Waals surface area contributed by atoms with E-state index in [1.54, 1.807) is 4.90 Å². The Morgan fingerprint density at radius 3 is 2.85 bits per heavy atom. The molecule has 0 aromatic heterocycles. The molecule has 74 valence electrons. The molecular formula is C9H15NO3. The van der Waals surface area contributed by atoms with Crippen molar-refractivity contribution in [2.24, 2.45) is 0 Å². The number of likely N-dealkylation sites (tertiary alicyclic amines) is 1. The third-order valence-corrected chi connectivity index (χ3v) is 2.61. The molecule has 2 aliphatic rings. The van der Waals surface area contributed by atoms with Gasteiger partial charge in [0.1, 0.15) is 6.10 Å². The van der Waals surface area contributed by atoms with Gasteiger partial charge in [0.25, 0.3) is 0 Å². The van der Waals surface area contributed by atoms with Crippen LogP contribution >= 0.6 is 0 Å². The Morgan fingerprint density at radius 2 is 2.23 bits per heavy atom. The second-order valence-corrected chi connectivity index (χ2v) is 3.76. The SMILES string of the molecule is O=C(OC1CC1)N1CCC[C@H]1CO. The van der Waals surface area contributed by atoms with Gasteiger partial charge in [-0.05, 0) is 25.7 Å². The highest BCUT2D eigenvalue weighted by molar-refractivity contribution is 5.68. The van der Waals surface area contributed by atoms with E-state index in [0.717, 1.165) is 32.2 Å². The highest BCUT2D eigenvalue weighted by Crippen LogP contribution is 2.26. The maximum atomic E-state index is 11.5. The van der Waals surface area contributed by atoms with Crippen molar-refractivity contribution in [3.63, 3.8) is 0 Å². The molecule has 1 heterocycles. The summed E-state index contributed by atoms with van der Waals surface area (Å²) in [6.07, 6.45) is 3.81. The lowest BCUT2D eigenvalue weighted by atomic mass is 10.2. The summed E-state index contributed by atoms with van der Waals surface area (Å²) in [6, 6.07) is -0.00810. The molecule has 0 unspecified atom stereocenters. The van der Waals surface area contributed by atoms with Crippen molar-refractivity contribution >= 4 is 6.09 Å². The van der Waals surface area contributed by atoms with Crippen LogP contribution in [0.1, 0.15) is 25.7 Å². The number of aliphatic hydroxyl groups is 1. The molecule has 1 atom stereocenters. The van der Waals surface area contributed by atoms with E-state index in [9.17, 15) is 4.79 Å². The van der Waals surface area contributed by atoms with Crippen molar-refractivity contribution in [1.82, 2.24) is 4.90 Å². The minimum atomic E-state index is -0.237. The fourth-order valence-corrected chi connectivity index (χ4v) is 1.66. The lowest BCUT2D eigenvalue weighted by Crippen LogP contribution is -2.38. The first-order valence-corrected chi connectivity index (χ1v) is 4.89. The molecule has 0 bridgehead atoms. The van der Waals surface area contributed by atoms with Gasteiger partial charge in [0.15, 0.2) is 0 Å². The van der Waals surface area contributed by atoms with Crippen molar-refractivity contribution in [2.75, 3.05) is 13.2 Å². The van der Waals surface area contributed by atoms with Gasteiger partial charge in [-0.15, -0.1) is 0 Å². The molecule has 4 nitrogen and oxygen atoms in total. The average Bonchev–Trinajstić information content (AvgIpc) is 2.82. The zero-order chi connectivity index (χ0) is 9.26. The van der Waals surface area contributed by atoms with E-state index < -0.39 is 0 Å². The minimum Gasteiger partial charge on any atom is -0.446 e. The molecule has 2 rings (SSSR count). The van der Waals surface area contributed by atoms with E-state index in [1.807, 2.05) is 0 Å². The predicted molar refractivity (Wildman–Crippen MR) is 46.3 cm³/mol. The first-order valence-electron chi connectivity index (χ1n) is 4.89. The quantitative estimate of drug-likeness (QED) is 0.690. The molecule has 1 aliphatic heterocycles. The number of amides is 1. The highest BCUT2D eigenvalue weighted by Gasteiger charge is 2.33. The molecule has 2 fully saturated rings. The summed E-state index contributed by atoms with van der Waals surface area (Å²) in [6.45, 7) is 0.788. The number of nitrogens with zero attached hydrogens (tertiary/aromatic N) is 1. The summed E-state index contributed by atoms with van der Waals surface area (Å²) in [5, 5.41) is 8.99. The van der Waals surface area contributed by atoms with Crippen molar-refractivity contribution in [3.05, 3.63) is 0 Å². The molecular weight excluding hydrogens is 170 g/mol. The van der Waals surface area contributed by atoms with Crippen LogP contribution in [0.15, 0.2) is 0 Å². The van der Waals surface area contributed by atoms with Crippen LogP contribution in [0.2, 0.25) is 0 Å². The number of carbonyl (C=O) groups excluding carboxylic acids is 1. The maximum absolute atomic E-state index is 11.5. The third kappa shape index (κ3) is 1.94. The van der Waals surface area contributed by atoms with Gasteiger partial charge < -0.3 is 14.7 Å². The molecule has 1 saturated carbocycles. The van der Waals surface area contributed by atoms with Gasteiger partial charge >= 0.3 is 6.09 Å². The van der Waals surface area contributed by atoms with Gasteiger partial charge in [0, 0.05) is 6.54 Å². The number of carbonyl (C=O) groups is 1. The van der Waals surface area contributed by atoms with Gasteiger partial charge in [0.05, 0.1) is 12.6 Å². The van der Waals surface area contributed by atoms with Crippen molar-refractivity contribution in [1.29, 1.82) is 0 Å². The number of hydrogen-bond acceptors (Lipinski definition) is 3. The fourth-order valence-electron chi connectivity index (χ4n) is 1.66. The zero-order valence-corrected chi connectivity index (χ0v) is 7.61. The van der Waals surface area contributed by atoms with Gasteiger partial charge in [-0.1, -0.05) is 0 Å². The molecule has 0 aromatic rings. The van der Waals surface area contributed by atoms with Crippen LogP contribution in [-0.4, -0.2) is 41.4 Å². The normalized spacial score (nSPS) is 27.8. The minimum absolute atomic E-state index is 0.00810. The van der Waals surface area contributed by atoms with Gasteiger partial charge in [-0.25, -0.2) is 4.79 Å². The van der Waals surface area contributed by atoms with Crippen LogP contribution in [0.4, 0.5) is 4.79 Å². The molecule has 0 spiro atoms. The van der Waals surface area contributed by atoms with E-state index >= 15 is 0 Å². The molecule has 1 N–H and O–H groups in total. The number of rotatable bonds is 2. The van der Waals surface area contributed by atoms with E-state index in [-0.39, 0.29) is 24.8 Å². The molecule has 0 aromatic carbocycles. The molecule has 0 radical (unpaired) electrons. The Balaban J connectivity index is 1.86. The van der Waals surface area contributed by atoms with Crippen LogP contribution in [0, 0.1) is 0 Å². The van der Waals surface area contributed by atoms with Crippen LogP contribution in [-0.2, 0) is 4.74 Å². The lowest BCUT2D eigenvalue weighted by Gasteiger charge is -2.21. The molecule has 4 heteroatoms. The van der Waals surface area contributed by atoms with Crippen LogP contribution in [0.3, 0.4) is 0 Å². The maximum Gasteiger partial charge on any atom is 0.410 e. The molecule has 1 amide bonds. The third-order valence-electron chi connectivity index (χ3n) is 2.61. The van der Waals surface area contributed by atoms with Gasteiger partial charge in [-0.2, -0.15) is 0 Å². The second-order valence-electron chi connectivity index (χ2n) is 3.76. The molecule has 1 aliphatic carbocycles. The summed E-state index contributed by atoms with van der Waals surface area (Å²) in [7, 11) is 0. The first-order chi connectivity index (χ1) is 6.31. The summed E-state index contributed by atoms with van der Waals surface area (Å²) in [4.78, 5) is 13.1. The van der Waals surface area contributed by atoms with Gasteiger partial charge in [-0.3, -0.25) is 0 Å². The molecule has 13 heavy (non-hydrogen) atoms. The largest absolute Gasteiger partial charge is 0.446 e. The zero-order valence-electron chi connectivity index (χ0n) is 7.61. The predicted octanol–water partition coefficient (Wildman–Crippen LogP) is 0.742. The summed E-state index contributed by atoms with van der Waals surface area (Å²) >= 11 is 0. The monoisotopic (exact) mass is 185 g/mol. The van der Waals surface area contributed by atoms with E-state index in [0.29, 0.717) is 0 Å². The summed E-state index contributed by atoms with van der Waals surface area (Å²) in [5.74, 6) is 0. The summed E-state index contributed by atoms with van der Waals surface area (Å²) < 4.78 is 5.15. The van der Waals surface area contributed by atoms with Crippen molar-refractivity contribution in [3.8, 4) is 0 Å². The van der Waals surface area contributed by atoms with Crippen molar-refractivity contribution < 1.29 is 14.6 Å². The second kappa shape index (κ2) is 3.54. The van der Waals surface area contributed by atoms with Crippen LogP contribution in [0.5, 0.6) is 0 Å². The van der Waals surface area contributed by atoms with E-state index in [2.05, 4.69) is 0 Å². The van der Waals surface area contributed by atoms with Gasteiger partial charge in [0.2, 0.25) is 0 Å². The Hall–Kier alpha value is -0.770. The average molecular weight is 185 g/mol. The standard InChI is InChI=1S/C9H15NO3/c11-6-7-2-1-5-10(7)9(12)13-8-3-4-8/h7-8,11H,1-6H2/t7-/m0/s1. The topological polar surface area (TPSA) is 49.8 Å². The number of ether oxygens (including phenoxy) is 1. The smallest absolute Gasteiger partial charge is 0.410 e. The fraction of sp³-hybridized carbons (Fsp3) is 0.889. The Labute approximate surface area is 77.5 Å². The first kappa shape index (κ1) is 8.81. The highest BCUT2D eigenvalue weighted by atomic mass is 16.6. The lowest BCUT2D eigenvalue weighted by molar-refractivity contribution is 0.0793. The molecule has 1 saturated heterocycles. The van der Waals surface area contributed by atoms with Crippen LogP contribution < -0.4 is 0 Å². The van der Waals surface area contributed by atoms with Crippen molar-refractivity contribution in [2.45, 2.75) is 37.8 Å². The Kier molecular flexibility index (Phi) is 2.40. The Bertz CT molecular complexity index is 203. The van der Waals surface area contributed by atoms with E-state index in [1.165, 1.54) is 0 Å². The summed E-state index contributed by atoms with van der Waals surface area (Å²) in [5.41, 5.74) is 0. The number of aliphatic hydroxyl groups excluding tert-OH is 1. The van der Waals surface area contributed by atoms with E-state index in [4.69, 9.17) is 9.84 Å². The Morgan fingerprint density at radius 1 is 1.46 bits per heavy atom.